The molecule has 0 atom stereocenters. The molecule has 0 spiro atoms. The Bertz CT molecular complexity index is 104. The summed E-state index contributed by atoms with van der Waals surface area (Å²) in [6.07, 6.45) is 3.97. The minimum atomic E-state index is 0.963. The smallest absolute Gasteiger partial charge is 0.106 e. The van der Waals surface area contributed by atoms with Crippen LogP contribution in [0.15, 0.2) is 5.16 Å². The zero-order valence-corrected chi connectivity index (χ0v) is 7.71. The Morgan fingerprint density at radius 2 is 2.18 bits per heavy atom. The second-order valence-electron chi connectivity index (χ2n) is 2.56. The first-order chi connectivity index (χ1) is 5.31. The molecule has 0 bridgehead atoms. The molecule has 0 unspecified atom stereocenters. The van der Waals surface area contributed by atoms with E-state index in [0.29, 0.717) is 0 Å². The predicted octanol–water partition coefficient (Wildman–Crippen LogP) is 1.35. The monoisotopic (exact) mass is 158 g/mol. The van der Waals surface area contributed by atoms with Crippen molar-refractivity contribution in [1.82, 2.24) is 4.90 Å². The summed E-state index contributed by atoms with van der Waals surface area (Å²) in [4.78, 5) is 6.81. The van der Waals surface area contributed by atoms with E-state index < -0.39 is 0 Å². The molecule has 0 saturated carbocycles. The molecule has 11 heavy (non-hydrogen) atoms. The van der Waals surface area contributed by atoms with Crippen LogP contribution >= 0.6 is 0 Å². The summed E-state index contributed by atoms with van der Waals surface area (Å²) in [5.74, 6) is 0. The Balaban J connectivity index is 3.16. The van der Waals surface area contributed by atoms with Crippen LogP contribution in [-0.4, -0.2) is 38.4 Å². The van der Waals surface area contributed by atoms with Gasteiger partial charge < -0.3 is 9.74 Å². The number of hydrogen-bond acceptors (Lipinski definition) is 3. The summed E-state index contributed by atoms with van der Waals surface area (Å²) in [6, 6.07) is 0. The van der Waals surface area contributed by atoms with E-state index in [4.69, 9.17) is 0 Å². The molecule has 0 aromatic rings. The average molecular weight is 158 g/mol. The Kier molecular flexibility index (Phi) is 7.15. The van der Waals surface area contributed by atoms with Crippen LogP contribution in [0.1, 0.15) is 19.8 Å². The van der Waals surface area contributed by atoms with Gasteiger partial charge >= 0.3 is 0 Å². The second kappa shape index (κ2) is 7.54. The summed E-state index contributed by atoms with van der Waals surface area (Å²) >= 11 is 0. The molecular weight excluding hydrogens is 140 g/mol. The van der Waals surface area contributed by atoms with E-state index in [-0.39, 0.29) is 0 Å². The zero-order valence-electron chi connectivity index (χ0n) is 7.71. The SMILES string of the molecule is CCCN(C)CC/C=N/OC. The van der Waals surface area contributed by atoms with Gasteiger partial charge in [0.2, 0.25) is 0 Å². The maximum atomic E-state index is 4.53. The summed E-state index contributed by atoms with van der Waals surface area (Å²) in [5.41, 5.74) is 0. The van der Waals surface area contributed by atoms with E-state index in [1.807, 2.05) is 0 Å². The van der Waals surface area contributed by atoms with Crippen LogP contribution in [0.2, 0.25) is 0 Å². The highest BCUT2D eigenvalue weighted by molar-refractivity contribution is 5.56. The van der Waals surface area contributed by atoms with Crippen molar-refractivity contribution in [3.63, 3.8) is 0 Å². The minimum absolute atomic E-state index is 0.963. The minimum Gasteiger partial charge on any atom is -0.399 e. The van der Waals surface area contributed by atoms with Gasteiger partial charge in [0.05, 0.1) is 0 Å². The van der Waals surface area contributed by atoms with E-state index in [1.54, 1.807) is 13.3 Å². The fraction of sp³-hybridized carbons (Fsp3) is 0.875. The van der Waals surface area contributed by atoms with Gasteiger partial charge in [0, 0.05) is 12.8 Å². The lowest BCUT2D eigenvalue weighted by Gasteiger charge is -2.12. The zero-order chi connectivity index (χ0) is 8.53. The highest BCUT2D eigenvalue weighted by Crippen LogP contribution is 1.87. The molecule has 0 N–H and O–H groups in total. The topological polar surface area (TPSA) is 24.8 Å². The van der Waals surface area contributed by atoms with Gasteiger partial charge in [-0.05, 0) is 26.4 Å². The van der Waals surface area contributed by atoms with Crippen LogP contribution in [0.25, 0.3) is 0 Å². The maximum absolute atomic E-state index is 4.53. The fourth-order valence-corrected chi connectivity index (χ4v) is 0.899. The van der Waals surface area contributed by atoms with Gasteiger partial charge in [0.1, 0.15) is 7.11 Å². The van der Waals surface area contributed by atoms with Gasteiger partial charge in [-0.3, -0.25) is 0 Å². The molecule has 0 radical (unpaired) electrons. The maximum Gasteiger partial charge on any atom is 0.106 e. The first kappa shape index (κ1) is 10.4. The van der Waals surface area contributed by atoms with Gasteiger partial charge in [-0.25, -0.2) is 0 Å². The molecule has 66 valence electrons. The second-order valence-corrected chi connectivity index (χ2v) is 2.56. The number of hydrogen-bond donors (Lipinski definition) is 0. The molecule has 3 heteroatoms. The van der Waals surface area contributed by atoms with E-state index in [2.05, 4.69) is 28.9 Å². The third-order valence-electron chi connectivity index (χ3n) is 1.43. The number of rotatable bonds is 6. The molecule has 3 nitrogen and oxygen atoms in total. The largest absolute Gasteiger partial charge is 0.399 e. The third-order valence-corrected chi connectivity index (χ3v) is 1.43. The van der Waals surface area contributed by atoms with Gasteiger partial charge in [0.25, 0.3) is 0 Å². The molecule has 0 fully saturated rings. The summed E-state index contributed by atoms with van der Waals surface area (Å²) in [7, 11) is 3.68. The van der Waals surface area contributed by atoms with Crippen LogP contribution in [0.5, 0.6) is 0 Å². The van der Waals surface area contributed by atoms with Gasteiger partial charge in [0.15, 0.2) is 0 Å². The Labute approximate surface area is 69.0 Å². The third kappa shape index (κ3) is 7.33. The molecule has 0 saturated heterocycles. The Morgan fingerprint density at radius 3 is 2.73 bits per heavy atom. The quantitative estimate of drug-likeness (QED) is 0.430. The molecule has 0 aliphatic heterocycles. The molecule has 0 aromatic carbocycles. The van der Waals surface area contributed by atoms with E-state index in [9.17, 15) is 0 Å². The van der Waals surface area contributed by atoms with Crippen LogP contribution < -0.4 is 0 Å². The average Bonchev–Trinajstić information content (AvgIpc) is 1.99. The van der Waals surface area contributed by atoms with Gasteiger partial charge in [-0.15, -0.1) is 0 Å². The normalized spacial score (nSPS) is 11.3. The van der Waals surface area contributed by atoms with Crippen LogP contribution in [0.4, 0.5) is 0 Å². The van der Waals surface area contributed by atoms with Crippen molar-refractivity contribution < 1.29 is 4.84 Å². The summed E-state index contributed by atoms with van der Waals surface area (Å²) in [6.45, 7) is 4.39. The van der Waals surface area contributed by atoms with Crippen molar-refractivity contribution in [1.29, 1.82) is 0 Å². The lowest BCUT2D eigenvalue weighted by atomic mass is 10.4. The highest BCUT2D eigenvalue weighted by Gasteiger charge is 1.92. The highest BCUT2D eigenvalue weighted by atomic mass is 16.6. The van der Waals surface area contributed by atoms with E-state index in [1.165, 1.54) is 6.42 Å². The van der Waals surface area contributed by atoms with Crippen LogP contribution in [0.3, 0.4) is 0 Å². The first-order valence-electron chi connectivity index (χ1n) is 4.04. The van der Waals surface area contributed by atoms with Crippen molar-refractivity contribution in [3.05, 3.63) is 0 Å². The first-order valence-corrected chi connectivity index (χ1v) is 4.04. The van der Waals surface area contributed by atoms with Crippen LogP contribution in [-0.2, 0) is 4.84 Å². The lowest BCUT2D eigenvalue weighted by Crippen LogP contribution is -2.20. The Hall–Kier alpha value is -0.570. The van der Waals surface area contributed by atoms with Crippen molar-refractivity contribution >= 4 is 6.21 Å². The summed E-state index contributed by atoms with van der Waals surface area (Å²) < 4.78 is 0. The molecule has 0 aromatic heterocycles. The standard InChI is InChI=1S/C8H18N2O/c1-4-7-10(2)8-5-6-9-11-3/h6H,4-5,7-8H2,1-3H3/b9-6+. The van der Waals surface area contributed by atoms with Crippen molar-refractivity contribution in [2.45, 2.75) is 19.8 Å². The van der Waals surface area contributed by atoms with Crippen LogP contribution in [0, 0.1) is 0 Å². The predicted molar refractivity (Wildman–Crippen MR) is 47.9 cm³/mol. The van der Waals surface area contributed by atoms with E-state index >= 15 is 0 Å². The number of oxime groups is 1. The lowest BCUT2D eigenvalue weighted by molar-refractivity contribution is 0.214. The molecular formula is C8H18N2O. The molecule has 0 aliphatic rings. The summed E-state index contributed by atoms with van der Waals surface area (Å²) in [5, 5.41) is 3.65. The Morgan fingerprint density at radius 1 is 1.45 bits per heavy atom. The van der Waals surface area contributed by atoms with Crippen molar-refractivity contribution in [2.75, 3.05) is 27.2 Å². The molecule has 0 heterocycles. The molecule has 0 rings (SSSR count). The molecule has 0 aliphatic carbocycles. The van der Waals surface area contributed by atoms with Gasteiger partial charge in [-0.1, -0.05) is 12.1 Å². The fourth-order valence-electron chi connectivity index (χ4n) is 0.899. The van der Waals surface area contributed by atoms with Crippen molar-refractivity contribution in [2.24, 2.45) is 5.16 Å². The van der Waals surface area contributed by atoms with Gasteiger partial charge in [-0.2, -0.15) is 0 Å². The number of nitrogens with zero attached hydrogens (tertiary/aromatic N) is 2. The molecule has 0 amide bonds. The van der Waals surface area contributed by atoms with Crippen molar-refractivity contribution in [3.8, 4) is 0 Å². The van der Waals surface area contributed by atoms with E-state index in [0.717, 1.165) is 19.5 Å².